The molecular weight excluding hydrogens is 451 g/mol. The molecule has 6 nitrogen and oxygen atoms in total. The first-order valence-electron chi connectivity index (χ1n) is 8.87. The van der Waals surface area contributed by atoms with Crippen molar-refractivity contribution in [2.45, 2.75) is 37.0 Å². The van der Waals surface area contributed by atoms with Crippen molar-refractivity contribution in [3.05, 3.63) is 45.2 Å². The second-order valence-electron chi connectivity index (χ2n) is 6.68. The highest BCUT2D eigenvalue weighted by Crippen LogP contribution is 2.39. The van der Waals surface area contributed by atoms with Crippen LogP contribution in [0.3, 0.4) is 0 Å². The van der Waals surface area contributed by atoms with Gasteiger partial charge in [0.1, 0.15) is 0 Å². The Bertz CT molecular complexity index is 890. The Kier molecular flexibility index (Phi) is 5.71. The molecule has 1 atom stereocenters. The van der Waals surface area contributed by atoms with Gasteiger partial charge in [-0.2, -0.15) is 10.1 Å². The average molecular weight is 470 g/mol. The molecule has 0 saturated heterocycles. The van der Waals surface area contributed by atoms with E-state index in [0.717, 1.165) is 27.3 Å². The second kappa shape index (κ2) is 8.20. The highest BCUT2D eigenvalue weighted by molar-refractivity contribution is 9.10. The maximum absolute atomic E-state index is 6.28. The molecule has 2 aromatic heterocycles. The third-order valence-corrected chi connectivity index (χ3v) is 5.79. The minimum Gasteiger partial charge on any atom is -0.354 e. The van der Waals surface area contributed by atoms with E-state index in [2.05, 4.69) is 46.7 Å². The van der Waals surface area contributed by atoms with E-state index < -0.39 is 0 Å². The van der Waals surface area contributed by atoms with Crippen molar-refractivity contribution in [1.82, 2.24) is 20.2 Å². The summed E-state index contributed by atoms with van der Waals surface area (Å²) in [6, 6.07) is 2.04. The van der Waals surface area contributed by atoms with E-state index in [-0.39, 0.29) is 5.38 Å². The van der Waals surface area contributed by atoms with Crippen LogP contribution in [0.4, 0.5) is 17.6 Å². The zero-order valence-electron chi connectivity index (χ0n) is 14.5. The first kappa shape index (κ1) is 18.8. The van der Waals surface area contributed by atoms with Crippen molar-refractivity contribution in [3.63, 3.8) is 0 Å². The Morgan fingerprint density at radius 3 is 2.96 bits per heavy atom. The molecule has 4 rings (SSSR count). The van der Waals surface area contributed by atoms with E-state index in [4.69, 9.17) is 23.2 Å². The number of hydrogen-bond acceptors (Lipinski definition) is 5. The largest absolute Gasteiger partial charge is 0.354 e. The predicted molar refractivity (Wildman–Crippen MR) is 113 cm³/mol. The van der Waals surface area contributed by atoms with Crippen LogP contribution in [0.25, 0.3) is 0 Å². The van der Waals surface area contributed by atoms with E-state index >= 15 is 0 Å². The number of rotatable bonds is 7. The maximum atomic E-state index is 6.28. The van der Waals surface area contributed by atoms with Crippen molar-refractivity contribution in [2.24, 2.45) is 0 Å². The molecule has 1 unspecified atom stereocenters. The van der Waals surface area contributed by atoms with Crippen LogP contribution in [-0.2, 0) is 0 Å². The molecule has 2 heterocycles. The molecule has 0 aromatic carbocycles. The lowest BCUT2D eigenvalue weighted by Gasteiger charge is -2.15. The van der Waals surface area contributed by atoms with Crippen LogP contribution in [0.15, 0.2) is 39.5 Å². The minimum absolute atomic E-state index is 0.0138. The lowest BCUT2D eigenvalue weighted by atomic mass is 10.0. The van der Waals surface area contributed by atoms with Gasteiger partial charge >= 0.3 is 0 Å². The number of aromatic amines is 1. The Labute approximate surface area is 176 Å². The number of alkyl halides is 1. The van der Waals surface area contributed by atoms with Gasteiger partial charge in [0.15, 0.2) is 11.6 Å². The average Bonchev–Trinajstić information content (AvgIpc) is 3.39. The maximum Gasteiger partial charge on any atom is 0.224 e. The van der Waals surface area contributed by atoms with Crippen molar-refractivity contribution >= 4 is 56.7 Å². The van der Waals surface area contributed by atoms with Crippen molar-refractivity contribution in [1.29, 1.82) is 0 Å². The molecule has 0 bridgehead atoms. The highest BCUT2D eigenvalue weighted by Gasteiger charge is 2.25. The van der Waals surface area contributed by atoms with Crippen LogP contribution >= 0.6 is 39.1 Å². The summed E-state index contributed by atoms with van der Waals surface area (Å²) in [4.78, 5) is 8.84. The fraction of sp³-hybridized carbons (Fsp3) is 0.389. The number of halogens is 3. The lowest BCUT2D eigenvalue weighted by Crippen LogP contribution is -2.09. The molecule has 9 heteroatoms. The van der Waals surface area contributed by atoms with Gasteiger partial charge in [-0.15, -0.1) is 11.6 Å². The molecule has 2 aliphatic rings. The first-order chi connectivity index (χ1) is 13.1. The number of H-pyrrole nitrogens is 1. The SMILES string of the molecule is ClC1=C(CCNc2ncc(Br)c(Nc3cc(C4CC4)[nH]n3)n2)C=CC(Cl)C1. The number of aromatic nitrogens is 4. The fourth-order valence-electron chi connectivity index (χ4n) is 2.87. The van der Waals surface area contributed by atoms with E-state index in [9.17, 15) is 0 Å². The lowest BCUT2D eigenvalue weighted by molar-refractivity contribution is 0.931. The predicted octanol–water partition coefficient (Wildman–Crippen LogP) is 5.45. The van der Waals surface area contributed by atoms with E-state index in [1.165, 1.54) is 18.5 Å². The Morgan fingerprint density at radius 1 is 1.33 bits per heavy atom. The number of hydrogen-bond donors (Lipinski definition) is 3. The summed E-state index contributed by atoms with van der Waals surface area (Å²) in [6.07, 6.45) is 9.62. The number of nitrogens with zero attached hydrogens (tertiary/aromatic N) is 3. The molecule has 0 aliphatic heterocycles. The molecule has 27 heavy (non-hydrogen) atoms. The summed E-state index contributed by atoms with van der Waals surface area (Å²) in [6.45, 7) is 0.679. The zero-order valence-corrected chi connectivity index (χ0v) is 17.6. The van der Waals surface area contributed by atoms with Gasteiger partial charge in [-0.25, -0.2) is 4.98 Å². The van der Waals surface area contributed by atoms with Gasteiger partial charge in [0, 0.05) is 41.9 Å². The summed E-state index contributed by atoms with van der Waals surface area (Å²) in [5, 5.41) is 14.7. The topological polar surface area (TPSA) is 78.5 Å². The summed E-state index contributed by atoms with van der Waals surface area (Å²) < 4.78 is 0.776. The Hall–Kier alpha value is -1.57. The molecule has 3 N–H and O–H groups in total. The number of nitrogens with one attached hydrogen (secondary N) is 3. The minimum atomic E-state index is -0.0138. The summed E-state index contributed by atoms with van der Waals surface area (Å²) in [5.74, 6) is 2.59. The molecule has 0 amide bonds. The fourth-order valence-corrected chi connectivity index (χ4v) is 3.79. The Morgan fingerprint density at radius 2 is 2.19 bits per heavy atom. The number of allylic oxidation sites excluding steroid dienone is 3. The molecular formula is C18H19BrCl2N6. The second-order valence-corrected chi connectivity index (χ2v) is 8.56. The van der Waals surface area contributed by atoms with Gasteiger partial charge in [-0.1, -0.05) is 23.8 Å². The quantitative estimate of drug-likeness (QED) is 0.470. The smallest absolute Gasteiger partial charge is 0.224 e. The number of anilines is 3. The standard InChI is InChI=1S/C18H19BrCl2N6/c19-13-9-23-18(22-6-5-10-3-4-12(20)7-14(10)21)25-17(13)24-16-8-15(26-27-16)11-1-2-11/h3-4,8-9,11-12H,1-2,5-7H2,(H3,22,23,24,25,26,27). The van der Waals surface area contributed by atoms with Gasteiger partial charge in [0.2, 0.25) is 5.95 Å². The zero-order chi connectivity index (χ0) is 18.8. The van der Waals surface area contributed by atoms with Crippen LogP contribution in [0.2, 0.25) is 0 Å². The van der Waals surface area contributed by atoms with Crippen LogP contribution < -0.4 is 10.6 Å². The van der Waals surface area contributed by atoms with Crippen molar-refractivity contribution < 1.29 is 0 Å². The molecule has 2 aliphatic carbocycles. The van der Waals surface area contributed by atoms with E-state index in [0.29, 0.717) is 30.6 Å². The van der Waals surface area contributed by atoms with Crippen molar-refractivity contribution in [3.8, 4) is 0 Å². The van der Waals surface area contributed by atoms with E-state index in [1.807, 2.05) is 18.2 Å². The van der Waals surface area contributed by atoms with Gasteiger partial charge in [0.05, 0.1) is 9.85 Å². The van der Waals surface area contributed by atoms with Gasteiger partial charge in [0.25, 0.3) is 0 Å². The molecule has 1 saturated carbocycles. The first-order valence-corrected chi connectivity index (χ1v) is 10.5. The van der Waals surface area contributed by atoms with E-state index in [1.54, 1.807) is 6.20 Å². The summed E-state index contributed by atoms with van der Waals surface area (Å²) in [7, 11) is 0. The third-order valence-electron chi connectivity index (χ3n) is 4.51. The monoisotopic (exact) mass is 468 g/mol. The van der Waals surface area contributed by atoms with Gasteiger partial charge in [-0.3, -0.25) is 5.10 Å². The third kappa shape index (κ3) is 4.83. The van der Waals surface area contributed by atoms with Crippen LogP contribution in [0, 0.1) is 0 Å². The van der Waals surface area contributed by atoms with Crippen molar-refractivity contribution in [2.75, 3.05) is 17.2 Å². The van der Waals surface area contributed by atoms with Crippen LogP contribution in [-0.4, -0.2) is 32.1 Å². The normalized spacial score (nSPS) is 19.4. The Balaban J connectivity index is 1.36. The molecule has 142 valence electrons. The summed E-state index contributed by atoms with van der Waals surface area (Å²) >= 11 is 15.8. The van der Waals surface area contributed by atoms with Crippen LogP contribution in [0.5, 0.6) is 0 Å². The molecule has 2 aromatic rings. The van der Waals surface area contributed by atoms with Gasteiger partial charge in [-0.05, 0) is 40.8 Å². The highest BCUT2D eigenvalue weighted by atomic mass is 79.9. The molecule has 0 spiro atoms. The van der Waals surface area contributed by atoms with Gasteiger partial charge < -0.3 is 10.6 Å². The summed E-state index contributed by atoms with van der Waals surface area (Å²) in [5.41, 5.74) is 2.27. The molecule has 0 radical (unpaired) electrons. The van der Waals surface area contributed by atoms with Crippen LogP contribution in [0.1, 0.15) is 37.3 Å². The molecule has 1 fully saturated rings.